The van der Waals surface area contributed by atoms with Crippen LogP contribution in [0.5, 0.6) is 0 Å². The summed E-state index contributed by atoms with van der Waals surface area (Å²) in [5.41, 5.74) is 0.0744. The Hall–Kier alpha value is -0.840. The van der Waals surface area contributed by atoms with E-state index < -0.39 is 11.7 Å². The summed E-state index contributed by atoms with van der Waals surface area (Å²) < 4.78 is 36.7. The highest BCUT2D eigenvalue weighted by atomic mass is 79.9. The van der Waals surface area contributed by atoms with Gasteiger partial charge in [-0.3, -0.25) is 4.79 Å². The van der Waals surface area contributed by atoms with Crippen LogP contribution in [0.25, 0.3) is 0 Å². The molecule has 1 rings (SSSR count). The van der Waals surface area contributed by atoms with Gasteiger partial charge in [0.05, 0.1) is 10.9 Å². The smallest absolute Gasteiger partial charge is 0.299 e. The fourth-order valence-corrected chi connectivity index (χ4v) is 1.49. The fraction of sp³-hybridized carbons (Fsp3) is 0.364. The molecule has 0 spiro atoms. The number of aryl methyl sites for hydroxylation is 1. The van der Waals surface area contributed by atoms with Crippen molar-refractivity contribution in [2.75, 3.05) is 5.33 Å². The molecular weight excluding hydrogens is 285 g/mol. The first-order chi connectivity index (χ1) is 7.43. The van der Waals surface area contributed by atoms with Crippen molar-refractivity contribution >= 4 is 21.7 Å². The summed E-state index contributed by atoms with van der Waals surface area (Å²) in [6.45, 7) is 0. The van der Waals surface area contributed by atoms with Crippen molar-refractivity contribution in [3.05, 3.63) is 35.4 Å². The Morgan fingerprint density at radius 3 is 2.19 bits per heavy atom. The zero-order valence-corrected chi connectivity index (χ0v) is 9.94. The van der Waals surface area contributed by atoms with E-state index in [2.05, 4.69) is 15.9 Å². The van der Waals surface area contributed by atoms with Crippen LogP contribution in [0.15, 0.2) is 24.3 Å². The van der Waals surface area contributed by atoms with Crippen LogP contribution in [-0.2, 0) is 17.4 Å². The van der Waals surface area contributed by atoms with Gasteiger partial charge in [-0.05, 0) is 24.1 Å². The summed E-state index contributed by atoms with van der Waals surface area (Å²) in [5, 5.41) is 0.285. The van der Waals surface area contributed by atoms with Gasteiger partial charge in [-0.25, -0.2) is 0 Å². The SMILES string of the molecule is O=C(CBr)CCc1ccc(C(F)(F)F)cc1. The molecule has 16 heavy (non-hydrogen) atoms. The molecule has 0 aliphatic heterocycles. The number of benzene rings is 1. The lowest BCUT2D eigenvalue weighted by atomic mass is 10.1. The van der Waals surface area contributed by atoms with Crippen molar-refractivity contribution in [1.29, 1.82) is 0 Å². The normalized spacial score (nSPS) is 11.5. The third-order valence-electron chi connectivity index (χ3n) is 2.12. The minimum atomic E-state index is -4.30. The Morgan fingerprint density at radius 1 is 1.19 bits per heavy atom. The van der Waals surface area contributed by atoms with Crippen molar-refractivity contribution in [2.45, 2.75) is 19.0 Å². The highest BCUT2D eigenvalue weighted by molar-refractivity contribution is 9.09. The molecule has 0 fully saturated rings. The first-order valence-electron chi connectivity index (χ1n) is 4.67. The van der Waals surface area contributed by atoms with Crippen molar-refractivity contribution < 1.29 is 18.0 Å². The van der Waals surface area contributed by atoms with E-state index in [4.69, 9.17) is 0 Å². The maximum absolute atomic E-state index is 12.2. The molecule has 0 saturated carbocycles. The number of carbonyl (C=O) groups excluding carboxylic acids is 1. The van der Waals surface area contributed by atoms with Gasteiger partial charge in [-0.15, -0.1) is 0 Å². The summed E-state index contributed by atoms with van der Waals surface area (Å²) >= 11 is 3.03. The minimum absolute atomic E-state index is 0.0416. The van der Waals surface area contributed by atoms with Crippen LogP contribution in [0.2, 0.25) is 0 Å². The molecule has 0 aliphatic carbocycles. The molecule has 0 radical (unpaired) electrons. The Bertz CT molecular complexity index is 356. The van der Waals surface area contributed by atoms with Gasteiger partial charge in [0.25, 0.3) is 0 Å². The maximum atomic E-state index is 12.2. The largest absolute Gasteiger partial charge is 0.416 e. The molecule has 0 atom stereocenters. The average molecular weight is 295 g/mol. The Morgan fingerprint density at radius 2 is 1.75 bits per heavy atom. The molecule has 0 aromatic heterocycles. The minimum Gasteiger partial charge on any atom is -0.299 e. The Labute approximate surface area is 99.8 Å². The van der Waals surface area contributed by atoms with Gasteiger partial charge in [0, 0.05) is 6.42 Å². The lowest BCUT2D eigenvalue weighted by Gasteiger charge is -2.07. The van der Waals surface area contributed by atoms with Gasteiger partial charge in [0.2, 0.25) is 0 Å². The number of carbonyl (C=O) groups is 1. The monoisotopic (exact) mass is 294 g/mol. The molecule has 0 saturated heterocycles. The summed E-state index contributed by atoms with van der Waals surface area (Å²) in [6.07, 6.45) is -3.48. The number of ketones is 1. The number of halogens is 4. The predicted octanol–water partition coefficient (Wildman–Crippen LogP) is 3.60. The fourth-order valence-electron chi connectivity index (χ4n) is 1.21. The van der Waals surface area contributed by atoms with E-state index in [0.29, 0.717) is 12.8 Å². The van der Waals surface area contributed by atoms with Crippen molar-refractivity contribution in [2.24, 2.45) is 0 Å². The molecular formula is C11H10BrF3O. The van der Waals surface area contributed by atoms with Gasteiger partial charge in [0.1, 0.15) is 5.78 Å². The third kappa shape index (κ3) is 3.96. The van der Waals surface area contributed by atoms with E-state index in [1.54, 1.807) is 0 Å². The highest BCUT2D eigenvalue weighted by Crippen LogP contribution is 2.29. The van der Waals surface area contributed by atoms with Crippen molar-refractivity contribution in [3.8, 4) is 0 Å². The van der Waals surface area contributed by atoms with E-state index in [1.165, 1.54) is 12.1 Å². The average Bonchev–Trinajstić information content (AvgIpc) is 2.25. The summed E-state index contributed by atoms with van der Waals surface area (Å²) in [5.74, 6) is 0.0416. The molecule has 0 bridgehead atoms. The second-order valence-corrected chi connectivity index (χ2v) is 3.93. The number of alkyl halides is 4. The molecule has 0 aliphatic rings. The first kappa shape index (κ1) is 13.2. The zero-order valence-electron chi connectivity index (χ0n) is 8.35. The molecule has 1 aromatic carbocycles. The van der Waals surface area contributed by atoms with Gasteiger partial charge in [-0.1, -0.05) is 28.1 Å². The van der Waals surface area contributed by atoms with E-state index in [9.17, 15) is 18.0 Å². The summed E-state index contributed by atoms with van der Waals surface area (Å²) in [4.78, 5) is 11.0. The molecule has 88 valence electrons. The predicted molar refractivity (Wildman–Crippen MR) is 58.6 cm³/mol. The van der Waals surface area contributed by atoms with E-state index >= 15 is 0 Å². The lowest BCUT2D eigenvalue weighted by molar-refractivity contribution is -0.137. The molecule has 0 amide bonds. The van der Waals surface area contributed by atoms with Crippen molar-refractivity contribution in [3.63, 3.8) is 0 Å². The highest BCUT2D eigenvalue weighted by Gasteiger charge is 2.29. The maximum Gasteiger partial charge on any atom is 0.416 e. The van der Waals surface area contributed by atoms with E-state index in [-0.39, 0.29) is 11.1 Å². The molecule has 0 unspecified atom stereocenters. The summed E-state index contributed by atoms with van der Waals surface area (Å²) in [6, 6.07) is 4.89. The second-order valence-electron chi connectivity index (χ2n) is 3.37. The van der Waals surface area contributed by atoms with Crippen LogP contribution in [0.1, 0.15) is 17.5 Å². The number of hydrogen-bond acceptors (Lipinski definition) is 1. The van der Waals surface area contributed by atoms with E-state index in [0.717, 1.165) is 17.7 Å². The van der Waals surface area contributed by atoms with Gasteiger partial charge in [-0.2, -0.15) is 13.2 Å². The standard InChI is InChI=1S/C11H10BrF3O/c12-7-10(16)6-3-8-1-4-9(5-2-8)11(13,14)15/h1-2,4-5H,3,6-7H2. The number of Topliss-reactive ketones (excluding diaryl/α,β-unsaturated/α-hetero) is 1. The van der Waals surface area contributed by atoms with Crippen LogP contribution in [0, 0.1) is 0 Å². The van der Waals surface area contributed by atoms with Crippen LogP contribution >= 0.6 is 15.9 Å². The summed E-state index contributed by atoms with van der Waals surface area (Å²) in [7, 11) is 0. The molecule has 1 aromatic rings. The van der Waals surface area contributed by atoms with Crippen LogP contribution < -0.4 is 0 Å². The molecule has 0 heterocycles. The number of hydrogen-bond donors (Lipinski definition) is 0. The van der Waals surface area contributed by atoms with Crippen molar-refractivity contribution in [1.82, 2.24) is 0 Å². The van der Waals surface area contributed by atoms with Gasteiger partial charge < -0.3 is 0 Å². The topological polar surface area (TPSA) is 17.1 Å². The first-order valence-corrected chi connectivity index (χ1v) is 5.79. The Balaban J connectivity index is 2.62. The second kappa shape index (κ2) is 5.48. The quantitative estimate of drug-likeness (QED) is 0.776. The van der Waals surface area contributed by atoms with Crippen LogP contribution in [-0.4, -0.2) is 11.1 Å². The van der Waals surface area contributed by atoms with Crippen LogP contribution in [0.4, 0.5) is 13.2 Å². The van der Waals surface area contributed by atoms with Gasteiger partial charge in [0.15, 0.2) is 0 Å². The van der Waals surface area contributed by atoms with E-state index in [1.807, 2.05) is 0 Å². The number of rotatable bonds is 4. The molecule has 0 N–H and O–H groups in total. The molecule has 1 nitrogen and oxygen atoms in total. The lowest BCUT2D eigenvalue weighted by Crippen LogP contribution is -2.05. The zero-order chi connectivity index (χ0) is 12.2. The van der Waals surface area contributed by atoms with Crippen LogP contribution in [0.3, 0.4) is 0 Å². The molecule has 5 heteroatoms. The third-order valence-corrected chi connectivity index (χ3v) is 2.75. The Kier molecular flexibility index (Phi) is 4.53. The van der Waals surface area contributed by atoms with Gasteiger partial charge >= 0.3 is 6.18 Å².